The molecule has 1 aliphatic heterocycles. The lowest BCUT2D eigenvalue weighted by molar-refractivity contribution is -0.142. The first-order chi connectivity index (χ1) is 10.9. The molecule has 23 heavy (non-hydrogen) atoms. The summed E-state index contributed by atoms with van der Waals surface area (Å²) in [6, 6.07) is 0. The molecule has 1 saturated carbocycles. The summed E-state index contributed by atoms with van der Waals surface area (Å²) in [6.45, 7) is 8.94. The first-order valence-corrected chi connectivity index (χ1v) is 7.80. The van der Waals surface area contributed by atoms with E-state index in [9.17, 15) is 19.5 Å². The Morgan fingerprint density at radius 2 is 2.17 bits per heavy atom. The van der Waals surface area contributed by atoms with E-state index >= 15 is 0 Å². The van der Waals surface area contributed by atoms with Crippen LogP contribution in [0.1, 0.15) is 26.2 Å². The van der Waals surface area contributed by atoms with Gasteiger partial charge in [-0.1, -0.05) is 12.7 Å². The van der Waals surface area contributed by atoms with Crippen molar-refractivity contribution < 1.29 is 24.2 Å². The second-order valence-electron chi connectivity index (χ2n) is 6.32. The minimum Gasteiger partial charge on any atom is -0.462 e. The number of aliphatic hydroxyl groups excluding tert-OH is 1. The third-order valence-electron chi connectivity index (χ3n) is 4.87. The Hall–Kier alpha value is -1.95. The zero-order valence-electron chi connectivity index (χ0n) is 13.4. The molecule has 1 aliphatic carbocycles. The van der Waals surface area contributed by atoms with E-state index < -0.39 is 17.3 Å². The lowest BCUT2D eigenvalue weighted by Crippen LogP contribution is -2.38. The molecule has 1 heterocycles. The molecule has 0 aromatic rings. The molecule has 0 spiro atoms. The van der Waals surface area contributed by atoms with Crippen LogP contribution >= 0.6 is 0 Å². The highest BCUT2D eigenvalue weighted by Crippen LogP contribution is 2.52. The Morgan fingerprint density at radius 3 is 2.74 bits per heavy atom. The van der Waals surface area contributed by atoms with E-state index in [2.05, 4.69) is 13.2 Å². The van der Waals surface area contributed by atoms with Crippen LogP contribution in [0, 0.1) is 17.3 Å². The number of carbonyl (C=O) groups excluding carboxylic acids is 3. The first kappa shape index (κ1) is 17.4. The monoisotopic (exact) mass is 321 g/mol. The lowest BCUT2D eigenvalue weighted by atomic mass is 9.77. The van der Waals surface area contributed by atoms with Crippen LogP contribution in [0.15, 0.2) is 24.8 Å². The van der Waals surface area contributed by atoms with Gasteiger partial charge in [0.05, 0.1) is 25.0 Å². The summed E-state index contributed by atoms with van der Waals surface area (Å²) in [4.78, 5) is 37.5. The van der Waals surface area contributed by atoms with E-state index in [1.807, 2.05) is 0 Å². The Labute approximate surface area is 135 Å². The van der Waals surface area contributed by atoms with Crippen LogP contribution < -0.4 is 0 Å². The van der Waals surface area contributed by atoms with Crippen molar-refractivity contribution in [3.8, 4) is 0 Å². The normalized spacial score (nSPS) is 29.6. The summed E-state index contributed by atoms with van der Waals surface area (Å²) in [5, 5.41) is 9.66. The highest BCUT2D eigenvalue weighted by Gasteiger charge is 2.59. The molecule has 3 unspecified atom stereocenters. The van der Waals surface area contributed by atoms with Gasteiger partial charge in [-0.3, -0.25) is 14.5 Å². The molecular weight excluding hydrogens is 298 g/mol. The zero-order chi connectivity index (χ0) is 17.2. The molecule has 1 saturated heterocycles. The zero-order valence-corrected chi connectivity index (χ0v) is 13.4. The number of hydrogen-bond donors (Lipinski definition) is 1. The topological polar surface area (TPSA) is 83.9 Å². The number of amides is 2. The maximum Gasteiger partial charge on any atom is 0.333 e. The Balaban J connectivity index is 1.96. The maximum absolute atomic E-state index is 12.6. The average molecular weight is 321 g/mol. The largest absolute Gasteiger partial charge is 0.462 e. The molecule has 6 nitrogen and oxygen atoms in total. The van der Waals surface area contributed by atoms with E-state index in [1.165, 1.54) is 4.90 Å². The SMILES string of the molecule is C=CC1(CO)CCC2C(=O)N(CCCOC(=O)C(=C)C)C(=O)C21. The fourth-order valence-corrected chi connectivity index (χ4v) is 3.51. The molecule has 3 atom stereocenters. The van der Waals surface area contributed by atoms with Crippen LogP contribution in [0.25, 0.3) is 0 Å². The number of fused-ring (bicyclic) bond motifs is 1. The molecule has 0 aromatic carbocycles. The van der Waals surface area contributed by atoms with Gasteiger partial charge in [0.1, 0.15) is 0 Å². The fraction of sp³-hybridized carbons (Fsp3) is 0.588. The number of aliphatic hydroxyl groups is 1. The van der Waals surface area contributed by atoms with Crippen molar-refractivity contribution in [3.63, 3.8) is 0 Å². The Morgan fingerprint density at radius 1 is 1.48 bits per heavy atom. The number of esters is 1. The van der Waals surface area contributed by atoms with Crippen LogP contribution in [0.5, 0.6) is 0 Å². The summed E-state index contributed by atoms with van der Waals surface area (Å²) >= 11 is 0. The minimum absolute atomic E-state index is 0.130. The van der Waals surface area contributed by atoms with E-state index in [-0.39, 0.29) is 37.5 Å². The molecule has 0 radical (unpaired) electrons. The van der Waals surface area contributed by atoms with Crippen LogP contribution in [0.3, 0.4) is 0 Å². The van der Waals surface area contributed by atoms with Gasteiger partial charge < -0.3 is 9.84 Å². The van der Waals surface area contributed by atoms with Gasteiger partial charge in [0.25, 0.3) is 0 Å². The molecule has 2 fully saturated rings. The van der Waals surface area contributed by atoms with Gasteiger partial charge in [-0.05, 0) is 26.2 Å². The number of hydrogen-bond acceptors (Lipinski definition) is 5. The molecule has 2 amide bonds. The van der Waals surface area contributed by atoms with Gasteiger partial charge in [0.2, 0.25) is 11.8 Å². The van der Waals surface area contributed by atoms with Gasteiger partial charge in [-0.2, -0.15) is 0 Å². The van der Waals surface area contributed by atoms with E-state index in [0.717, 1.165) is 0 Å². The standard InChI is InChI=1S/C17H23NO5/c1-4-17(10-19)7-6-12-13(17)15(21)18(14(12)20)8-5-9-23-16(22)11(2)3/h4,12-13,19H,1-2,5-10H2,3H3. The number of carbonyl (C=O) groups is 3. The maximum atomic E-state index is 12.6. The second-order valence-corrected chi connectivity index (χ2v) is 6.32. The van der Waals surface area contributed by atoms with Crippen LogP contribution in [-0.2, 0) is 19.1 Å². The van der Waals surface area contributed by atoms with Crippen molar-refractivity contribution in [1.29, 1.82) is 0 Å². The smallest absolute Gasteiger partial charge is 0.333 e. The molecule has 0 bridgehead atoms. The van der Waals surface area contributed by atoms with Crippen molar-refractivity contribution in [3.05, 3.63) is 24.8 Å². The summed E-state index contributed by atoms with van der Waals surface area (Å²) in [6.07, 6.45) is 3.18. The van der Waals surface area contributed by atoms with Crippen LogP contribution in [0.4, 0.5) is 0 Å². The van der Waals surface area contributed by atoms with Gasteiger partial charge >= 0.3 is 5.97 Å². The quantitative estimate of drug-likeness (QED) is 0.249. The van der Waals surface area contributed by atoms with Crippen molar-refractivity contribution in [2.24, 2.45) is 17.3 Å². The Bertz CT molecular complexity index is 555. The molecule has 2 rings (SSSR count). The molecule has 6 heteroatoms. The minimum atomic E-state index is -0.696. The van der Waals surface area contributed by atoms with Gasteiger partial charge in [0, 0.05) is 17.5 Å². The van der Waals surface area contributed by atoms with Gasteiger partial charge in [-0.15, -0.1) is 6.58 Å². The van der Waals surface area contributed by atoms with Gasteiger partial charge in [-0.25, -0.2) is 4.79 Å². The third-order valence-corrected chi connectivity index (χ3v) is 4.87. The summed E-state index contributed by atoms with van der Waals surface area (Å²) in [5.74, 6) is -1.81. The third kappa shape index (κ3) is 2.95. The predicted molar refractivity (Wildman–Crippen MR) is 83.0 cm³/mol. The number of ether oxygens (including phenoxy) is 1. The van der Waals surface area contributed by atoms with Crippen molar-refractivity contribution in [2.45, 2.75) is 26.2 Å². The van der Waals surface area contributed by atoms with Gasteiger partial charge in [0.15, 0.2) is 0 Å². The van der Waals surface area contributed by atoms with Crippen LogP contribution in [0.2, 0.25) is 0 Å². The number of rotatable bonds is 7. The van der Waals surface area contributed by atoms with Crippen molar-refractivity contribution >= 4 is 17.8 Å². The van der Waals surface area contributed by atoms with E-state index in [0.29, 0.717) is 24.8 Å². The molecular formula is C17H23NO5. The van der Waals surface area contributed by atoms with Crippen molar-refractivity contribution in [2.75, 3.05) is 19.8 Å². The molecule has 0 aromatic heterocycles. The summed E-state index contributed by atoms with van der Waals surface area (Å²) in [5.41, 5.74) is -0.384. The van der Waals surface area contributed by atoms with E-state index in [4.69, 9.17) is 4.74 Å². The average Bonchev–Trinajstić information content (AvgIpc) is 3.03. The first-order valence-electron chi connectivity index (χ1n) is 7.80. The predicted octanol–water partition coefficient (Wildman–Crippen LogP) is 1.06. The Kier molecular flexibility index (Phi) is 5.04. The molecule has 1 N–H and O–H groups in total. The van der Waals surface area contributed by atoms with Crippen LogP contribution in [-0.4, -0.2) is 47.5 Å². The van der Waals surface area contributed by atoms with Crippen molar-refractivity contribution in [1.82, 2.24) is 4.90 Å². The number of imide groups is 1. The highest BCUT2D eigenvalue weighted by atomic mass is 16.5. The second kappa shape index (κ2) is 6.66. The summed E-state index contributed by atoms with van der Waals surface area (Å²) in [7, 11) is 0. The summed E-state index contributed by atoms with van der Waals surface area (Å²) < 4.78 is 4.97. The molecule has 126 valence electrons. The molecule has 2 aliphatic rings. The van der Waals surface area contributed by atoms with E-state index in [1.54, 1.807) is 13.0 Å². The fourth-order valence-electron chi connectivity index (χ4n) is 3.51. The number of nitrogens with zero attached hydrogens (tertiary/aromatic N) is 1. The number of likely N-dealkylation sites (tertiary alicyclic amines) is 1. The lowest BCUT2D eigenvalue weighted by Gasteiger charge is -2.28. The highest BCUT2D eigenvalue weighted by molar-refractivity contribution is 6.06.